The fourth-order valence-electron chi connectivity index (χ4n) is 1.40. The molecule has 1 N–H and O–H groups in total. The van der Waals surface area contributed by atoms with Crippen LogP contribution in [0.4, 0.5) is 5.82 Å². The number of hydrogen-bond acceptors (Lipinski definition) is 2. The number of anilines is 1. The van der Waals surface area contributed by atoms with Crippen molar-refractivity contribution in [1.29, 1.82) is 0 Å². The van der Waals surface area contributed by atoms with Gasteiger partial charge < -0.3 is 5.32 Å². The smallest absolute Gasteiger partial charge is 0.228 e. The topological polar surface area (TPSA) is 46.9 Å². The Balaban J connectivity index is 1.99. The van der Waals surface area contributed by atoms with Crippen molar-refractivity contribution < 1.29 is 4.79 Å². The number of nitrogens with one attached hydrogen (secondary N) is 1. The molecule has 2 unspecified atom stereocenters. The Labute approximate surface area is 76.9 Å². The molecule has 0 aliphatic heterocycles. The fraction of sp³-hybridized carbons (Fsp3) is 0.556. The van der Waals surface area contributed by atoms with Gasteiger partial charge in [-0.1, -0.05) is 6.92 Å². The molecular weight excluding hydrogens is 166 g/mol. The zero-order valence-electron chi connectivity index (χ0n) is 7.82. The first kappa shape index (κ1) is 8.29. The molecule has 0 spiro atoms. The molecule has 2 rings (SSSR count). The number of hydrogen-bond donors (Lipinski definition) is 1. The Morgan fingerprint density at radius 2 is 2.46 bits per heavy atom. The van der Waals surface area contributed by atoms with Crippen molar-refractivity contribution in [2.24, 2.45) is 18.9 Å². The van der Waals surface area contributed by atoms with Gasteiger partial charge in [-0.3, -0.25) is 9.48 Å². The molecule has 0 aromatic carbocycles. The average molecular weight is 179 g/mol. The second-order valence-electron chi connectivity index (χ2n) is 3.65. The van der Waals surface area contributed by atoms with Crippen LogP contribution in [0.1, 0.15) is 13.3 Å². The van der Waals surface area contributed by atoms with Crippen LogP contribution in [0.25, 0.3) is 0 Å². The molecule has 1 amide bonds. The number of nitrogens with zero attached hydrogens (tertiary/aromatic N) is 2. The van der Waals surface area contributed by atoms with E-state index in [0.717, 1.165) is 12.2 Å². The van der Waals surface area contributed by atoms with E-state index >= 15 is 0 Å². The highest BCUT2D eigenvalue weighted by Gasteiger charge is 2.39. The lowest BCUT2D eigenvalue weighted by atomic mass is 10.3. The lowest BCUT2D eigenvalue weighted by Crippen LogP contribution is -2.16. The van der Waals surface area contributed by atoms with Crippen LogP contribution >= 0.6 is 0 Å². The summed E-state index contributed by atoms with van der Waals surface area (Å²) in [5.74, 6) is 1.66. The monoisotopic (exact) mass is 179 g/mol. The number of aromatic nitrogens is 2. The molecule has 1 aromatic heterocycles. The summed E-state index contributed by atoms with van der Waals surface area (Å²) >= 11 is 0. The maximum atomic E-state index is 11.5. The van der Waals surface area contributed by atoms with E-state index in [1.54, 1.807) is 16.9 Å². The third kappa shape index (κ3) is 1.56. The Bertz CT molecular complexity index is 331. The molecule has 4 heteroatoms. The van der Waals surface area contributed by atoms with Crippen LogP contribution in [0.2, 0.25) is 0 Å². The molecule has 0 radical (unpaired) electrons. The summed E-state index contributed by atoms with van der Waals surface area (Å²) < 4.78 is 1.66. The Hall–Kier alpha value is -1.32. The normalized spacial score (nSPS) is 25.7. The zero-order chi connectivity index (χ0) is 9.42. The van der Waals surface area contributed by atoms with Gasteiger partial charge in [-0.05, 0) is 12.3 Å². The Morgan fingerprint density at radius 3 is 2.92 bits per heavy atom. The van der Waals surface area contributed by atoms with E-state index < -0.39 is 0 Å². The minimum Gasteiger partial charge on any atom is -0.311 e. The summed E-state index contributed by atoms with van der Waals surface area (Å²) in [5.41, 5.74) is 0. The SMILES string of the molecule is CC1CC1C(=O)Nc1ccnn1C. The van der Waals surface area contributed by atoms with E-state index in [-0.39, 0.29) is 11.8 Å². The highest BCUT2D eigenvalue weighted by atomic mass is 16.2. The van der Waals surface area contributed by atoms with Crippen molar-refractivity contribution in [2.75, 3.05) is 5.32 Å². The summed E-state index contributed by atoms with van der Waals surface area (Å²) in [6, 6.07) is 1.80. The van der Waals surface area contributed by atoms with Crippen molar-refractivity contribution >= 4 is 11.7 Å². The standard InChI is InChI=1S/C9H13N3O/c1-6-5-7(6)9(13)11-8-3-4-10-12(8)2/h3-4,6-7H,5H2,1-2H3,(H,11,13). The lowest BCUT2D eigenvalue weighted by Gasteiger charge is -2.03. The zero-order valence-corrected chi connectivity index (χ0v) is 7.82. The molecule has 13 heavy (non-hydrogen) atoms. The predicted octanol–water partition coefficient (Wildman–Crippen LogP) is 1.01. The van der Waals surface area contributed by atoms with E-state index in [1.165, 1.54) is 0 Å². The maximum Gasteiger partial charge on any atom is 0.228 e. The average Bonchev–Trinajstić information content (AvgIpc) is 2.68. The van der Waals surface area contributed by atoms with Crippen molar-refractivity contribution in [1.82, 2.24) is 9.78 Å². The second-order valence-corrected chi connectivity index (χ2v) is 3.65. The van der Waals surface area contributed by atoms with Gasteiger partial charge in [0.15, 0.2) is 0 Å². The molecular formula is C9H13N3O. The van der Waals surface area contributed by atoms with Crippen molar-refractivity contribution in [3.63, 3.8) is 0 Å². The molecule has 70 valence electrons. The molecule has 0 bridgehead atoms. The van der Waals surface area contributed by atoms with Crippen LogP contribution in [-0.2, 0) is 11.8 Å². The van der Waals surface area contributed by atoms with Crippen LogP contribution < -0.4 is 5.32 Å². The third-order valence-electron chi connectivity index (χ3n) is 2.52. The molecule has 1 fully saturated rings. The molecule has 4 nitrogen and oxygen atoms in total. The number of rotatable bonds is 2. The molecule has 1 saturated carbocycles. The largest absolute Gasteiger partial charge is 0.311 e. The van der Waals surface area contributed by atoms with Gasteiger partial charge in [-0.2, -0.15) is 5.10 Å². The van der Waals surface area contributed by atoms with Gasteiger partial charge in [0.25, 0.3) is 0 Å². The summed E-state index contributed by atoms with van der Waals surface area (Å²) in [6.45, 7) is 2.09. The lowest BCUT2D eigenvalue weighted by molar-refractivity contribution is -0.117. The van der Waals surface area contributed by atoms with Crippen LogP contribution in [-0.4, -0.2) is 15.7 Å². The minimum absolute atomic E-state index is 0.121. The molecule has 1 heterocycles. The third-order valence-corrected chi connectivity index (χ3v) is 2.52. The molecule has 1 aliphatic carbocycles. The van der Waals surface area contributed by atoms with E-state index in [1.807, 2.05) is 7.05 Å². The van der Waals surface area contributed by atoms with Gasteiger partial charge in [-0.15, -0.1) is 0 Å². The summed E-state index contributed by atoms with van der Waals surface area (Å²) in [6.07, 6.45) is 2.69. The first-order chi connectivity index (χ1) is 6.18. The van der Waals surface area contributed by atoms with Crippen LogP contribution in [0.15, 0.2) is 12.3 Å². The highest BCUT2D eigenvalue weighted by Crippen LogP contribution is 2.38. The molecule has 1 aliphatic rings. The van der Waals surface area contributed by atoms with Gasteiger partial charge in [0.2, 0.25) is 5.91 Å². The first-order valence-corrected chi connectivity index (χ1v) is 4.47. The Morgan fingerprint density at radius 1 is 1.77 bits per heavy atom. The second kappa shape index (κ2) is 2.87. The fourth-order valence-corrected chi connectivity index (χ4v) is 1.40. The number of carbonyl (C=O) groups excluding carboxylic acids is 1. The van der Waals surface area contributed by atoms with Crippen molar-refractivity contribution in [3.8, 4) is 0 Å². The predicted molar refractivity (Wildman–Crippen MR) is 49.1 cm³/mol. The van der Waals surface area contributed by atoms with E-state index in [2.05, 4.69) is 17.3 Å². The molecule has 2 atom stereocenters. The quantitative estimate of drug-likeness (QED) is 0.736. The van der Waals surface area contributed by atoms with Gasteiger partial charge in [0.1, 0.15) is 5.82 Å². The molecule has 1 aromatic rings. The van der Waals surface area contributed by atoms with Crippen molar-refractivity contribution in [2.45, 2.75) is 13.3 Å². The number of carbonyl (C=O) groups is 1. The Kier molecular flexibility index (Phi) is 1.83. The number of aryl methyl sites for hydroxylation is 1. The van der Waals surface area contributed by atoms with Gasteiger partial charge in [-0.25, -0.2) is 0 Å². The molecule has 0 saturated heterocycles. The minimum atomic E-state index is 0.121. The first-order valence-electron chi connectivity index (χ1n) is 4.47. The summed E-state index contributed by atoms with van der Waals surface area (Å²) in [5, 5.41) is 6.81. The van der Waals surface area contributed by atoms with Gasteiger partial charge in [0.05, 0.1) is 6.20 Å². The van der Waals surface area contributed by atoms with E-state index in [9.17, 15) is 4.79 Å². The van der Waals surface area contributed by atoms with E-state index in [0.29, 0.717) is 5.92 Å². The van der Waals surface area contributed by atoms with Crippen molar-refractivity contribution in [3.05, 3.63) is 12.3 Å². The van der Waals surface area contributed by atoms with E-state index in [4.69, 9.17) is 0 Å². The highest BCUT2D eigenvalue weighted by molar-refractivity contribution is 5.93. The van der Waals surface area contributed by atoms with Crippen LogP contribution in [0.5, 0.6) is 0 Å². The van der Waals surface area contributed by atoms with Crippen LogP contribution in [0, 0.1) is 11.8 Å². The number of amides is 1. The summed E-state index contributed by atoms with van der Waals surface area (Å²) in [7, 11) is 1.81. The summed E-state index contributed by atoms with van der Waals surface area (Å²) in [4.78, 5) is 11.5. The maximum absolute atomic E-state index is 11.5. The van der Waals surface area contributed by atoms with Gasteiger partial charge >= 0.3 is 0 Å². The van der Waals surface area contributed by atoms with Gasteiger partial charge in [0, 0.05) is 19.0 Å². The van der Waals surface area contributed by atoms with Crippen LogP contribution in [0.3, 0.4) is 0 Å².